The van der Waals surface area contributed by atoms with E-state index >= 15 is 0 Å². The summed E-state index contributed by atoms with van der Waals surface area (Å²) in [5.41, 5.74) is 1.31. The maximum atomic E-state index is 11.7. The molecule has 0 unspecified atom stereocenters. The molecule has 3 rings (SSSR count). The molecule has 0 aromatic carbocycles. The molecule has 108 valence electrons. The Bertz CT molecular complexity index is 820. The van der Waals surface area contributed by atoms with E-state index in [9.17, 15) is 4.79 Å². The van der Waals surface area contributed by atoms with Crippen molar-refractivity contribution in [1.29, 1.82) is 0 Å². The van der Waals surface area contributed by atoms with Crippen molar-refractivity contribution >= 4 is 27.2 Å². The van der Waals surface area contributed by atoms with Crippen LogP contribution in [-0.4, -0.2) is 54.9 Å². The Balaban J connectivity index is 1.99. The number of hydrogen-bond donors (Lipinski definition) is 1. The van der Waals surface area contributed by atoms with Gasteiger partial charge in [0.1, 0.15) is 0 Å². The van der Waals surface area contributed by atoms with Crippen molar-refractivity contribution in [2.24, 2.45) is 0 Å². The van der Waals surface area contributed by atoms with Crippen molar-refractivity contribution in [3.05, 3.63) is 36.4 Å². The van der Waals surface area contributed by atoms with Gasteiger partial charge < -0.3 is 0 Å². The van der Waals surface area contributed by atoms with Crippen LogP contribution in [0.15, 0.2) is 35.2 Å². The topological polar surface area (TPSA) is 107 Å². The second-order valence-electron chi connectivity index (χ2n) is 4.17. The predicted molar refractivity (Wildman–Crippen MR) is 77.3 cm³/mol. The molecule has 0 aliphatic rings. The van der Waals surface area contributed by atoms with Gasteiger partial charge in [0.25, 0.3) is 0 Å². The molecule has 0 saturated heterocycles. The molecular weight excluding hydrogens is 347 g/mol. The number of carbonyl (C=O) groups is 1. The summed E-state index contributed by atoms with van der Waals surface area (Å²) in [7, 11) is 1.53. The van der Waals surface area contributed by atoms with Crippen LogP contribution in [0.3, 0.4) is 0 Å². The van der Waals surface area contributed by atoms with E-state index in [1.54, 1.807) is 24.5 Å². The van der Waals surface area contributed by atoms with E-state index in [0.29, 0.717) is 16.1 Å². The molecule has 3 heterocycles. The van der Waals surface area contributed by atoms with Crippen molar-refractivity contribution < 1.29 is 9.32 Å². The van der Waals surface area contributed by atoms with Crippen molar-refractivity contribution in [2.75, 3.05) is 7.05 Å². The first-order valence-electron chi connectivity index (χ1n) is 6.21. The van der Waals surface area contributed by atoms with Crippen LogP contribution in [0.1, 0.15) is 10.5 Å². The van der Waals surface area contributed by atoms with Crippen LogP contribution in [0.25, 0.3) is 23.0 Å². The standard InChI is InChI=1S/C13H9AsN6O2/c1-15-12(21)9-10(14)17-6-8(18-9)11-19-13(22-20-11)7-2-4-16-5-3-7/h2-6H,1H3,(H,15,21). The molecule has 0 saturated carbocycles. The van der Waals surface area contributed by atoms with E-state index in [0.717, 1.165) is 5.56 Å². The fourth-order valence-corrected chi connectivity index (χ4v) is 2.14. The minimum atomic E-state index is -0.331. The average Bonchev–Trinajstić information content (AvgIpc) is 3.05. The molecular formula is C13H9AsN6O2. The van der Waals surface area contributed by atoms with Crippen molar-refractivity contribution in [2.45, 2.75) is 0 Å². The van der Waals surface area contributed by atoms with E-state index in [1.807, 2.05) is 0 Å². The molecule has 2 radical (unpaired) electrons. The molecule has 8 nitrogen and oxygen atoms in total. The molecule has 3 aromatic rings. The zero-order valence-corrected chi connectivity index (χ0v) is 13.3. The predicted octanol–water partition coefficient (Wildman–Crippen LogP) is -0.258. The molecule has 1 amide bonds. The van der Waals surface area contributed by atoms with Crippen LogP contribution in [-0.2, 0) is 0 Å². The summed E-state index contributed by atoms with van der Waals surface area (Å²) in [6.07, 6.45) is 4.75. The first-order chi connectivity index (χ1) is 10.7. The third kappa shape index (κ3) is 2.73. The third-order valence-electron chi connectivity index (χ3n) is 2.78. The molecule has 0 aliphatic carbocycles. The molecule has 0 aliphatic heterocycles. The monoisotopic (exact) mass is 356 g/mol. The van der Waals surface area contributed by atoms with E-state index in [-0.39, 0.29) is 17.4 Å². The molecule has 0 atom stereocenters. The van der Waals surface area contributed by atoms with E-state index in [2.05, 4.69) is 47.3 Å². The maximum absolute atomic E-state index is 11.7. The van der Waals surface area contributed by atoms with Crippen LogP contribution < -0.4 is 9.80 Å². The molecule has 1 N–H and O–H groups in total. The molecule has 0 bridgehead atoms. The van der Waals surface area contributed by atoms with Gasteiger partial charge in [0.05, 0.1) is 0 Å². The number of pyridine rings is 1. The summed E-state index contributed by atoms with van der Waals surface area (Å²) in [5, 5.41) is 6.38. The Morgan fingerprint density at radius 1 is 1.27 bits per heavy atom. The van der Waals surface area contributed by atoms with Gasteiger partial charge in [-0.05, 0) is 0 Å². The van der Waals surface area contributed by atoms with E-state index in [1.165, 1.54) is 13.2 Å². The van der Waals surface area contributed by atoms with Gasteiger partial charge in [-0.2, -0.15) is 0 Å². The Kier molecular flexibility index (Phi) is 3.93. The molecule has 22 heavy (non-hydrogen) atoms. The zero-order valence-electron chi connectivity index (χ0n) is 11.4. The number of amides is 1. The fraction of sp³-hybridized carbons (Fsp3) is 0.0769. The Morgan fingerprint density at radius 2 is 2.05 bits per heavy atom. The first-order valence-corrected chi connectivity index (χ1v) is 7.15. The summed E-state index contributed by atoms with van der Waals surface area (Å²) in [4.78, 5) is 28.3. The Labute approximate surface area is 133 Å². The van der Waals surface area contributed by atoms with Gasteiger partial charge in [0, 0.05) is 0 Å². The number of hydrogen-bond acceptors (Lipinski definition) is 7. The zero-order chi connectivity index (χ0) is 15.5. The van der Waals surface area contributed by atoms with Gasteiger partial charge in [-0.15, -0.1) is 0 Å². The van der Waals surface area contributed by atoms with E-state index < -0.39 is 0 Å². The summed E-state index contributed by atoms with van der Waals surface area (Å²) < 4.78 is 5.67. The number of nitrogens with one attached hydrogen (secondary N) is 1. The van der Waals surface area contributed by atoms with Crippen molar-refractivity contribution in [3.8, 4) is 23.0 Å². The second kappa shape index (κ2) is 6.03. The van der Waals surface area contributed by atoms with Crippen LogP contribution >= 0.6 is 0 Å². The SMILES string of the molecule is CNC(=O)c1nc(-c2noc(-c3ccncc3)n2)cnc1[As]. The second-order valence-corrected chi connectivity index (χ2v) is 5.05. The number of rotatable bonds is 3. The van der Waals surface area contributed by atoms with Gasteiger partial charge in [-0.3, -0.25) is 0 Å². The molecule has 0 spiro atoms. The summed E-state index contributed by atoms with van der Waals surface area (Å²) >= 11 is 2.20. The van der Waals surface area contributed by atoms with Crippen LogP contribution in [0.2, 0.25) is 0 Å². The van der Waals surface area contributed by atoms with Gasteiger partial charge in [0.2, 0.25) is 0 Å². The minimum absolute atomic E-state index is 0.204. The van der Waals surface area contributed by atoms with E-state index in [4.69, 9.17) is 4.52 Å². The average molecular weight is 356 g/mol. The van der Waals surface area contributed by atoms with Gasteiger partial charge in [-0.25, -0.2) is 0 Å². The normalized spacial score (nSPS) is 10.5. The first kappa shape index (κ1) is 14.3. The molecule has 3 aromatic heterocycles. The van der Waals surface area contributed by atoms with Gasteiger partial charge in [-0.1, -0.05) is 0 Å². The Morgan fingerprint density at radius 3 is 2.77 bits per heavy atom. The third-order valence-corrected chi connectivity index (χ3v) is 3.46. The number of carbonyl (C=O) groups excluding carboxylic acids is 1. The molecule has 0 fully saturated rings. The van der Waals surface area contributed by atoms with Crippen LogP contribution in [0.4, 0.5) is 0 Å². The molecule has 9 heteroatoms. The number of nitrogens with zero attached hydrogens (tertiary/aromatic N) is 5. The Hall–Kier alpha value is -2.60. The summed E-state index contributed by atoms with van der Waals surface area (Å²) in [6, 6.07) is 3.51. The van der Waals surface area contributed by atoms with Crippen LogP contribution in [0, 0.1) is 0 Å². The van der Waals surface area contributed by atoms with Gasteiger partial charge >= 0.3 is 133 Å². The summed E-state index contributed by atoms with van der Waals surface area (Å²) in [6.45, 7) is 0. The fourth-order valence-electron chi connectivity index (χ4n) is 1.70. The van der Waals surface area contributed by atoms with Crippen molar-refractivity contribution in [3.63, 3.8) is 0 Å². The van der Waals surface area contributed by atoms with Crippen LogP contribution in [0.5, 0.6) is 0 Å². The number of aromatic nitrogens is 5. The van der Waals surface area contributed by atoms with Gasteiger partial charge in [0.15, 0.2) is 0 Å². The quantitative estimate of drug-likeness (QED) is 0.645. The summed E-state index contributed by atoms with van der Waals surface area (Å²) in [5.74, 6) is 0.275. The van der Waals surface area contributed by atoms with Crippen molar-refractivity contribution in [1.82, 2.24) is 30.4 Å².